The Hall–Kier alpha value is -1.78. The molecule has 0 aromatic heterocycles. The summed E-state index contributed by atoms with van der Waals surface area (Å²) in [7, 11) is 0. The maximum atomic E-state index is 12.6. The Kier molecular flexibility index (Phi) is 6.25. The molecule has 1 unspecified atom stereocenters. The molecule has 4 heteroatoms. The molecule has 3 nitrogen and oxygen atoms in total. The molecule has 1 amide bonds. The van der Waals surface area contributed by atoms with Crippen LogP contribution < -0.4 is 5.32 Å². The number of amides is 1. The standard InChI is InChI=1S/C19H23NO2S/c1-19(2,23-17-11-7-4-8-12-17)18(22)20-16(14-21)13-15-9-5-3-6-10-15/h3-12,16,21H,13-14H2,1-2H3,(H,20,22). The summed E-state index contributed by atoms with van der Waals surface area (Å²) in [4.78, 5) is 13.6. The lowest BCUT2D eigenvalue weighted by molar-refractivity contribution is -0.123. The van der Waals surface area contributed by atoms with E-state index in [1.54, 1.807) is 0 Å². The van der Waals surface area contributed by atoms with E-state index in [9.17, 15) is 9.90 Å². The van der Waals surface area contributed by atoms with Crippen LogP contribution in [0.1, 0.15) is 19.4 Å². The number of carbonyl (C=O) groups is 1. The third-order valence-electron chi connectivity index (χ3n) is 3.54. The van der Waals surface area contributed by atoms with Crippen LogP contribution in [0, 0.1) is 0 Å². The minimum absolute atomic E-state index is 0.0682. The molecule has 0 aliphatic rings. The van der Waals surface area contributed by atoms with Crippen LogP contribution in [0.2, 0.25) is 0 Å². The lowest BCUT2D eigenvalue weighted by Crippen LogP contribution is -2.47. The summed E-state index contributed by atoms with van der Waals surface area (Å²) in [6.45, 7) is 3.72. The Morgan fingerprint density at radius 1 is 1.09 bits per heavy atom. The van der Waals surface area contributed by atoms with Crippen molar-refractivity contribution in [2.45, 2.75) is 36.0 Å². The van der Waals surface area contributed by atoms with Crippen molar-refractivity contribution in [2.24, 2.45) is 0 Å². The molecule has 0 radical (unpaired) electrons. The summed E-state index contributed by atoms with van der Waals surface area (Å²) < 4.78 is -0.606. The molecule has 1 atom stereocenters. The first-order valence-corrected chi connectivity index (χ1v) is 8.53. The summed E-state index contributed by atoms with van der Waals surface area (Å²) in [5, 5.41) is 12.5. The van der Waals surface area contributed by atoms with Gasteiger partial charge in [0.2, 0.25) is 5.91 Å². The molecule has 0 saturated carbocycles. The van der Waals surface area contributed by atoms with E-state index in [1.807, 2.05) is 74.5 Å². The smallest absolute Gasteiger partial charge is 0.236 e. The molecule has 0 aliphatic heterocycles. The molecular formula is C19H23NO2S. The first kappa shape index (κ1) is 17.6. The van der Waals surface area contributed by atoms with Crippen molar-refractivity contribution in [3.05, 3.63) is 66.2 Å². The average molecular weight is 329 g/mol. The van der Waals surface area contributed by atoms with Crippen molar-refractivity contribution in [2.75, 3.05) is 6.61 Å². The molecule has 122 valence electrons. The van der Waals surface area contributed by atoms with Gasteiger partial charge in [0, 0.05) is 4.90 Å². The van der Waals surface area contributed by atoms with Gasteiger partial charge in [-0.15, -0.1) is 11.8 Å². The first-order valence-electron chi connectivity index (χ1n) is 7.71. The summed E-state index contributed by atoms with van der Waals surface area (Å²) in [5.41, 5.74) is 1.10. The van der Waals surface area contributed by atoms with Crippen molar-refractivity contribution < 1.29 is 9.90 Å². The third kappa shape index (κ3) is 5.41. The number of aliphatic hydroxyl groups is 1. The predicted molar refractivity (Wildman–Crippen MR) is 95.5 cm³/mol. The van der Waals surface area contributed by atoms with Gasteiger partial charge in [-0.1, -0.05) is 48.5 Å². The Balaban J connectivity index is 1.97. The molecule has 2 aromatic rings. The van der Waals surface area contributed by atoms with Crippen molar-refractivity contribution in [3.63, 3.8) is 0 Å². The molecule has 0 spiro atoms. The predicted octanol–water partition coefficient (Wildman–Crippen LogP) is 3.28. The second-order valence-corrected chi connectivity index (χ2v) is 7.66. The van der Waals surface area contributed by atoms with Gasteiger partial charge in [-0.25, -0.2) is 0 Å². The molecule has 2 rings (SSSR count). The monoisotopic (exact) mass is 329 g/mol. The number of thioether (sulfide) groups is 1. The quantitative estimate of drug-likeness (QED) is 0.767. The van der Waals surface area contributed by atoms with E-state index < -0.39 is 4.75 Å². The molecule has 0 heterocycles. The van der Waals surface area contributed by atoms with Crippen LogP contribution in [0.15, 0.2) is 65.6 Å². The molecule has 0 fully saturated rings. The zero-order valence-electron chi connectivity index (χ0n) is 13.5. The highest BCUT2D eigenvalue weighted by molar-refractivity contribution is 8.01. The van der Waals surface area contributed by atoms with Gasteiger partial charge in [-0.05, 0) is 38.0 Å². The van der Waals surface area contributed by atoms with Crippen molar-refractivity contribution >= 4 is 17.7 Å². The number of hydrogen-bond acceptors (Lipinski definition) is 3. The lowest BCUT2D eigenvalue weighted by atomic mass is 10.1. The maximum Gasteiger partial charge on any atom is 0.236 e. The fraction of sp³-hybridized carbons (Fsp3) is 0.316. The van der Waals surface area contributed by atoms with Crippen LogP contribution in [-0.2, 0) is 11.2 Å². The molecule has 0 bridgehead atoms. The van der Waals surface area contributed by atoms with Gasteiger partial charge in [0.05, 0.1) is 17.4 Å². The largest absolute Gasteiger partial charge is 0.394 e. The molecule has 0 aliphatic carbocycles. The molecule has 23 heavy (non-hydrogen) atoms. The second kappa shape index (κ2) is 8.18. The highest BCUT2D eigenvalue weighted by Gasteiger charge is 2.30. The second-order valence-electron chi connectivity index (χ2n) is 5.97. The van der Waals surface area contributed by atoms with Crippen LogP contribution in [0.3, 0.4) is 0 Å². The minimum Gasteiger partial charge on any atom is -0.394 e. The van der Waals surface area contributed by atoms with Gasteiger partial charge >= 0.3 is 0 Å². The van der Waals surface area contributed by atoms with Gasteiger partial charge in [0.1, 0.15) is 0 Å². The Morgan fingerprint density at radius 2 is 1.65 bits per heavy atom. The first-order chi connectivity index (χ1) is 11.0. The topological polar surface area (TPSA) is 49.3 Å². The highest BCUT2D eigenvalue weighted by Crippen LogP contribution is 2.32. The number of rotatable bonds is 7. The van der Waals surface area contributed by atoms with E-state index in [-0.39, 0.29) is 18.6 Å². The number of benzene rings is 2. The molecular weight excluding hydrogens is 306 g/mol. The highest BCUT2D eigenvalue weighted by atomic mass is 32.2. The normalized spacial score (nSPS) is 12.7. The average Bonchev–Trinajstić information content (AvgIpc) is 2.55. The van der Waals surface area contributed by atoms with Gasteiger partial charge in [-0.2, -0.15) is 0 Å². The Labute approximate surface area is 142 Å². The van der Waals surface area contributed by atoms with E-state index in [1.165, 1.54) is 11.8 Å². The van der Waals surface area contributed by atoms with Crippen molar-refractivity contribution in [1.29, 1.82) is 0 Å². The summed E-state index contributed by atoms with van der Waals surface area (Å²) in [5.74, 6) is -0.0682. The SMILES string of the molecule is CC(C)(Sc1ccccc1)C(=O)NC(CO)Cc1ccccc1. The molecule has 0 saturated heterocycles. The maximum absolute atomic E-state index is 12.6. The van der Waals surface area contributed by atoms with Gasteiger partial charge in [0.25, 0.3) is 0 Å². The zero-order chi connectivity index (χ0) is 16.7. The number of hydrogen-bond donors (Lipinski definition) is 2. The number of aliphatic hydroxyl groups excluding tert-OH is 1. The van der Waals surface area contributed by atoms with E-state index in [0.29, 0.717) is 6.42 Å². The summed E-state index contributed by atoms with van der Waals surface area (Å²) in [6, 6.07) is 19.5. The van der Waals surface area contributed by atoms with Crippen LogP contribution in [0.25, 0.3) is 0 Å². The van der Waals surface area contributed by atoms with E-state index in [0.717, 1.165) is 10.5 Å². The Morgan fingerprint density at radius 3 is 2.22 bits per heavy atom. The molecule has 2 N–H and O–H groups in total. The number of nitrogens with one attached hydrogen (secondary N) is 1. The minimum atomic E-state index is -0.606. The van der Waals surface area contributed by atoms with Gasteiger partial charge < -0.3 is 10.4 Å². The van der Waals surface area contributed by atoms with Crippen LogP contribution in [0.4, 0.5) is 0 Å². The van der Waals surface area contributed by atoms with Crippen LogP contribution in [-0.4, -0.2) is 28.4 Å². The van der Waals surface area contributed by atoms with Gasteiger partial charge in [0.15, 0.2) is 0 Å². The lowest BCUT2D eigenvalue weighted by Gasteiger charge is -2.26. The number of carbonyl (C=O) groups excluding carboxylic acids is 1. The molecule has 2 aromatic carbocycles. The van der Waals surface area contributed by atoms with Gasteiger partial charge in [-0.3, -0.25) is 4.79 Å². The van der Waals surface area contributed by atoms with E-state index in [2.05, 4.69) is 5.32 Å². The van der Waals surface area contributed by atoms with Crippen molar-refractivity contribution in [1.82, 2.24) is 5.32 Å². The Bertz CT molecular complexity index is 614. The third-order valence-corrected chi connectivity index (χ3v) is 4.75. The van der Waals surface area contributed by atoms with Crippen LogP contribution in [0.5, 0.6) is 0 Å². The van der Waals surface area contributed by atoms with E-state index in [4.69, 9.17) is 0 Å². The summed E-state index contributed by atoms with van der Waals surface area (Å²) >= 11 is 1.52. The fourth-order valence-corrected chi connectivity index (χ4v) is 3.28. The summed E-state index contributed by atoms with van der Waals surface area (Å²) in [6.07, 6.45) is 0.620. The van der Waals surface area contributed by atoms with Crippen LogP contribution >= 0.6 is 11.8 Å². The van der Waals surface area contributed by atoms with Crippen molar-refractivity contribution in [3.8, 4) is 0 Å². The van der Waals surface area contributed by atoms with E-state index >= 15 is 0 Å². The zero-order valence-corrected chi connectivity index (χ0v) is 14.3. The fourth-order valence-electron chi connectivity index (χ4n) is 2.25.